The van der Waals surface area contributed by atoms with E-state index in [2.05, 4.69) is 134 Å². The Morgan fingerprint density at radius 1 is 0.379 bits per heavy atom. The van der Waals surface area contributed by atoms with Crippen LogP contribution < -0.4 is 0 Å². The quantitative estimate of drug-likeness (QED) is 0.246. The minimum absolute atomic E-state index is 0.0578. The van der Waals surface area contributed by atoms with Gasteiger partial charge in [-0.1, -0.05) is 120 Å². The molecular weight excluding hydrogens is 817 g/mol. The van der Waals surface area contributed by atoms with E-state index in [1.54, 1.807) is 0 Å². The molecule has 0 bridgehead atoms. The number of nitrogens with zero attached hydrogens (tertiary/aromatic N) is 6. The predicted octanol–water partition coefficient (Wildman–Crippen LogP) is 13.2. The van der Waals surface area contributed by atoms with Crippen LogP contribution in [-0.2, 0) is 0 Å². The van der Waals surface area contributed by atoms with Crippen LogP contribution in [0.15, 0.2) is 18.2 Å². The van der Waals surface area contributed by atoms with Gasteiger partial charge in [0.2, 0.25) is 0 Å². The van der Waals surface area contributed by atoms with Crippen molar-refractivity contribution >= 4 is 17.7 Å². The first-order valence-corrected chi connectivity index (χ1v) is 27.3. The molecule has 9 nitrogen and oxygen atoms in total. The lowest BCUT2D eigenvalue weighted by atomic mass is 9.63. The fourth-order valence-corrected chi connectivity index (χ4v) is 13.6. The summed E-state index contributed by atoms with van der Waals surface area (Å²) in [5.74, 6) is 1.27. The third-order valence-corrected chi connectivity index (χ3v) is 21.5. The van der Waals surface area contributed by atoms with Gasteiger partial charge in [0.25, 0.3) is 17.7 Å². The molecule has 1 aromatic rings. The van der Waals surface area contributed by atoms with Gasteiger partial charge in [0, 0.05) is 71.1 Å². The van der Waals surface area contributed by atoms with E-state index < -0.39 is 0 Å². The summed E-state index contributed by atoms with van der Waals surface area (Å²) < 4.78 is 0. The van der Waals surface area contributed by atoms with Gasteiger partial charge in [-0.2, -0.15) is 0 Å². The number of benzene rings is 1. The van der Waals surface area contributed by atoms with Gasteiger partial charge in [-0.15, -0.1) is 0 Å². The molecule has 6 aliphatic rings. The first-order chi connectivity index (χ1) is 30.8. The zero-order valence-corrected chi connectivity index (χ0v) is 45.0. The van der Waals surface area contributed by atoms with E-state index in [4.69, 9.17) is 0 Å². The van der Waals surface area contributed by atoms with E-state index in [0.717, 1.165) is 116 Å². The number of rotatable bonds is 9. The summed E-state index contributed by atoms with van der Waals surface area (Å²) in [6.45, 7) is 37.7. The van der Waals surface area contributed by atoms with E-state index in [0.29, 0.717) is 34.4 Å². The van der Waals surface area contributed by atoms with Crippen LogP contribution in [0.1, 0.15) is 251 Å². The molecule has 3 aliphatic heterocycles. The average molecular weight is 913 g/mol. The molecule has 7 rings (SSSR count). The lowest BCUT2D eigenvalue weighted by Gasteiger charge is -2.60. The molecule has 6 fully saturated rings. The van der Waals surface area contributed by atoms with Gasteiger partial charge >= 0.3 is 0 Å². The number of carbonyl (C=O) groups excluding carboxylic acids is 3. The fraction of sp³-hybridized carbons (Fsp3) is 0.842. The maximum absolute atomic E-state index is 16.1. The average Bonchev–Trinajstić information content (AvgIpc) is 3.28. The SMILES string of the molecule is CC1CCN(N(C(=O)c2cc(C(=O)N(C3CCCCC3)N3CCC(C)C(C)(C)C3(C)C)cc(C(=O)N(C3CCCCC3)N3CCC(C)C(C)(C)C3(C)C)c2)C2CCCCC2)C(C)(C)C1(C)C. The van der Waals surface area contributed by atoms with Crippen molar-refractivity contribution in [3.8, 4) is 0 Å². The Balaban J connectivity index is 1.42. The summed E-state index contributed by atoms with van der Waals surface area (Å²) in [4.78, 5) is 48.2. The number of amides is 3. The Labute approximate surface area is 403 Å². The van der Waals surface area contributed by atoms with Crippen molar-refractivity contribution in [1.82, 2.24) is 30.1 Å². The minimum atomic E-state index is -0.313. The predicted molar refractivity (Wildman–Crippen MR) is 271 cm³/mol. The third kappa shape index (κ3) is 8.85. The summed E-state index contributed by atoms with van der Waals surface area (Å²) in [7, 11) is 0. The van der Waals surface area contributed by atoms with Crippen LogP contribution in [0.3, 0.4) is 0 Å². The van der Waals surface area contributed by atoms with Crippen molar-refractivity contribution in [3.05, 3.63) is 34.9 Å². The number of hydrogen-bond acceptors (Lipinski definition) is 6. The zero-order chi connectivity index (χ0) is 48.4. The Kier molecular flexibility index (Phi) is 14.8. The Bertz CT molecular complexity index is 1670. The second kappa shape index (κ2) is 19.0. The lowest BCUT2D eigenvalue weighted by molar-refractivity contribution is -0.178. The maximum atomic E-state index is 16.1. The largest absolute Gasteiger partial charge is 0.268 e. The number of piperidine rings is 3. The molecule has 0 aromatic heterocycles. The number of carbonyl (C=O) groups is 3. The standard InChI is InChI=1S/C57H96N6O3/c1-40-31-34-58(55(10,11)52(40,4)5)61(46-25-19-16-20-26-46)49(64)43-37-44(50(65)62(47-27-21-17-22-28-47)59-35-32-41(2)53(6,7)56(59,12)13)39-45(38-43)51(66)63(48-29-23-18-24-30-48)60-36-33-42(3)54(8,9)57(60,14)15/h37-42,46-48H,16-36H2,1-15H3. The van der Waals surface area contributed by atoms with Crippen molar-refractivity contribution < 1.29 is 14.4 Å². The highest BCUT2D eigenvalue weighted by Gasteiger charge is 2.55. The molecule has 9 heteroatoms. The zero-order valence-electron chi connectivity index (χ0n) is 45.0. The van der Waals surface area contributed by atoms with Crippen LogP contribution in [0, 0.1) is 34.0 Å². The molecule has 3 unspecified atom stereocenters. The first kappa shape index (κ1) is 51.4. The molecular formula is C57H96N6O3. The van der Waals surface area contributed by atoms with Crippen LogP contribution in [0.2, 0.25) is 0 Å². The normalized spacial score (nSPS) is 29.8. The van der Waals surface area contributed by atoms with Crippen molar-refractivity contribution in [2.75, 3.05) is 19.6 Å². The van der Waals surface area contributed by atoms with Crippen molar-refractivity contribution in [2.45, 2.75) is 254 Å². The highest BCUT2D eigenvalue weighted by atomic mass is 16.2. The highest BCUT2D eigenvalue weighted by Crippen LogP contribution is 2.52. The molecule has 1 aromatic carbocycles. The fourth-order valence-electron chi connectivity index (χ4n) is 13.6. The molecule has 0 radical (unpaired) electrons. The van der Waals surface area contributed by atoms with Gasteiger partial charge in [0.1, 0.15) is 0 Å². The second-order valence-corrected chi connectivity index (χ2v) is 25.9. The highest BCUT2D eigenvalue weighted by molar-refractivity contribution is 6.04. The summed E-state index contributed by atoms with van der Waals surface area (Å²) >= 11 is 0. The second-order valence-electron chi connectivity index (χ2n) is 25.9. The van der Waals surface area contributed by atoms with Crippen molar-refractivity contribution in [1.29, 1.82) is 0 Å². The van der Waals surface area contributed by atoms with Crippen molar-refractivity contribution in [2.24, 2.45) is 34.0 Å². The van der Waals surface area contributed by atoms with Gasteiger partial charge in [0.05, 0.1) is 0 Å². The third-order valence-electron chi connectivity index (χ3n) is 21.5. The minimum Gasteiger partial charge on any atom is -0.268 e. The maximum Gasteiger partial charge on any atom is 0.268 e. The molecule has 66 heavy (non-hydrogen) atoms. The Morgan fingerprint density at radius 3 is 0.803 bits per heavy atom. The molecule has 0 spiro atoms. The lowest BCUT2D eigenvalue weighted by Crippen LogP contribution is -2.69. The Hall–Kier alpha value is -2.49. The first-order valence-electron chi connectivity index (χ1n) is 27.3. The number of hydrogen-bond donors (Lipinski definition) is 0. The molecule has 372 valence electrons. The van der Waals surface area contributed by atoms with Gasteiger partial charge in [-0.25, -0.2) is 15.0 Å². The van der Waals surface area contributed by atoms with Crippen LogP contribution in [0.5, 0.6) is 0 Å². The van der Waals surface area contributed by atoms with Crippen LogP contribution in [0.4, 0.5) is 0 Å². The summed E-state index contributed by atoms with van der Waals surface area (Å²) in [5, 5.41) is 13.7. The van der Waals surface area contributed by atoms with Gasteiger partial charge < -0.3 is 0 Å². The molecule has 3 heterocycles. The molecule has 3 atom stereocenters. The van der Waals surface area contributed by atoms with Crippen LogP contribution in [0.25, 0.3) is 0 Å². The molecule has 3 saturated heterocycles. The van der Waals surface area contributed by atoms with Gasteiger partial charge in [-0.05, 0) is 152 Å². The van der Waals surface area contributed by atoms with Crippen molar-refractivity contribution in [3.63, 3.8) is 0 Å². The van der Waals surface area contributed by atoms with E-state index in [1.165, 1.54) is 19.3 Å². The van der Waals surface area contributed by atoms with Crippen LogP contribution >= 0.6 is 0 Å². The smallest absolute Gasteiger partial charge is 0.268 e. The van der Waals surface area contributed by atoms with E-state index in [9.17, 15) is 0 Å². The topological polar surface area (TPSA) is 70.7 Å². The number of hydrazine groups is 3. The van der Waals surface area contributed by atoms with E-state index in [1.807, 2.05) is 18.2 Å². The van der Waals surface area contributed by atoms with E-state index >= 15 is 14.4 Å². The van der Waals surface area contributed by atoms with E-state index in [-0.39, 0.29) is 68.7 Å². The summed E-state index contributed by atoms with van der Waals surface area (Å²) in [6.07, 6.45) is 18.9. The van der Waals surface area contributed by atoms with Crippen LogP contribution in [-0.4, -0.2) is 102 Å². The monoisotopic (exact) mass is 913 g/mol. The molecule has 3 saturated carbocycles. The Morgan fingerprint density at radius 2 is 0.591 bits per heavy atom. The van der Waals surface area contributed by atoms with Gasteiger partial charge in [-0.3, -0.25) is 29.4 Å². The summed E-state index contributed by atoms with van der Waals surface area (Å²) in [5.41, 5.74) is 0.285. The molecule has 0 N–H and O–H groups in total. The van der Waals surface area contributed by atoms with Gasteiger partial charge in [0.15, 0.2) is 0 Å². The summed E-state index contributed by atoms with van der Waals surface area (Å²) in [6, 6.07) is 5.89. The molecule has 3 amide bonds. The molecule has 3 aliphatic carbocycles.